The van der Waals surface area contributed by atoms with E-state index in [0.717, 1.165) is 17.7 Å². The zero-order valence-electron chi connectivity index (χ0n) is 18.5. The van der Waals surface area contributed by atoms with Crippen LogP contribution in [0.5, 0.6) is 0 Å². The molecule has 0 saturated carbocycles. The first-order valence-corrected chi connectivity index (χ1v) is 11.0. The molecule has 2 aliphatic heterocycles. The summed E-state index contributed by atoms with van der Waals surface area (Å²) in [7, 11) is 1.77. The van der Waals surface area contributed by atoms with Gasteiger partial charge in [0.25, 0.3) is 5.56 Å². The Kier molecular flexibility index (Phi) is 5.11. The number of furan rings is 1. The minimum atomic E-state index is -0.581. The van der Waals surface area contributed by atoms with E-state index in [-0.39, 0.29) is 29.2 Å². The number of likely N-dealkylation sites (N-methyl/N-ethyl adjacent to an activating group) is 1. The fraction of sp³-hybridized carbons (Fsp3) is 0.478. The van der Waals surface area contributed by atoms with Crippen LogP contribution in [-0.2, 0) is 11.3 Å². The van der Waals surface area contributed by atoms with Crippen LogP contribution in [0.1, 0.15) is 55.2 Å². The first kappa shape index (κ1) is 20.5. The van der Waals surface area contributed by atoms with Crippen LogP contribution >= 0.6 is 0 Å². The number of aromatic nitrogens is 3. The number of amides is 1. The van der Waals surface area contributed by atoms with Crippen LogP contribution in [0.4, 0.5) is 6.01 Å². The average molecular weight is 438 g/mol. The maximum absolute atomic E-state index is 13.6. The molecule has 2 aliphatic rings. The fourth-order valence-electron chi connectivity index (χ4n) is 4.96. The van der Waals surface area contributed by atoms with Crippen molar-refractivity contribution < 1.29 is 13.7 Å². The van der Waals surface area contributed by atoms with E-state index in [0.29, 0.717) is 31.5 Å². The van der Waals surface area contributed by atoms with Crippen LogP contribution in [0.25, 0.3) is 0 Å². The number of carbonyl (C=O) groups excluding carboxylic acids is 1. The van der Waals surface area contributed by atoms with Crippen LogP contribution in [0.3, 0.4) is 0 Å². The van der Waals surface area contributed by atoms with Crippen molar-refractivity contribution in [3.63, 3.8) is 0 Å². The lowest BCUT2D eigenvalue weighted by atomic mass is 9.78. The maximum Gasteiger partial charge on any atom is 0.324 e. The molecule has 3 aromatic rings. The summed E-state index contributed by atoms with van der Waals surface area (Å²) in [6.07, 6.45) is 4.06. The number of hydrogen-bond donors (Lipinski definition) is 0. The summed E-state index contributed by atoms with van der Waals surface area (Å²) in [6, 6.07) is 7.00. The van der Waals surface area contributed by atoms with Gasteiger partial charge in [0.2, 0.25) is 5.91 Å². The number of nitrogens with zero attached hydrogens (tertiary/aromatic N) is 5. The third-order valence-electron chi connectivity index (χ3n) is 6.49. The minimum absolute atomic E-state index is 0.0463. The molecule has 0 N–H and O–H groups in total. The van der Waals surface area contributed by atoms with E-state index in [9.17, 15) is 9.59 Å². The van der Waals surface area contributed by atoms with Gasteiger partial charge in [-0.1, -0.05) is 25.1 Å². The first-order valence-electron chi connectivity index (χ1n) is 11.0. The summed E-state index contributed by atoms with van der Waals surface area (Å²) >= 11 is 0. The number of carbonyl (C=O) groups is 1. The van der Waals surface area contributed by atoms with Crippen molar-refractivity contribution >= 4 is 11.9 Å². The van der Waals surface area contributed by atoms with E-state index in [1.807, 2.05) is 26.0 Å². The number of hydrogen-bond acceptors (Lipinski definition) is 7. The highest BCUT2D eigenvalue weighted by Crippen LogP contribution is 2.42. The molecule has 168 valence electrons. The Bertz CT molecular complexity index is 1170. The summed E-state index contributed by atoms with van der Waals surface area (Å²) < 4.78 is 12.4. The first-order chi connectivity index (χ1) is 15.4. The molecule has 1 amide bonds. The zero-order valence-corrected chi connectivity index (χ0v) is 18.5. The summed E-state index contributed by atoms with van der Waals surface area (Å²) in [5.41, 5.74) is 1.66. The van der Waals surface area contributed by atoms with E-state index in [1.54, 1.807) is 35.1 Å². The molecule has 0 aliphatic carbocycles. The molecule has 1 fully saturated rings. The molecule has 0 unspecified atom stereocenters. The van der Waals surface area contributed by atoms with Gasteiger partial charge in [-0.2, -0.15) is 4.98 Å². The molecule has 3 atom stereocenters. The van der Waals surface area contributed by atoms with Crippen LogP contribution < -0.4 is 10.5 Å². The fourth-order valence-corrected chi connectivity index (χ4v) is 4.96. The van der Waals surface area contributed by atoms with Crippen molar-refractivity contribution in [1.29, 1.82) is 0 Å². The average Bonchev–Trinajstić information content (AvgIpc) is 3.46. The van der Waals surface area contributed by atoms with E-state index in [2.05, 4.69) is 15.0 Å². The van der Waals surface area contributed by atoms with Gasteiger partial charge in [-0.25, -0.2) is 0 Å². The Morgan fingerprint density at radius 2 is 2.12 bits per heavy atom. The molecular formula is C23H27N5O4. The molecule has 1 saturated heterocycles. The largest absolute Gasteiger partial charge is 0.472 e. The molecule has 9 heteroatoms. The second-order valence-electron chi connectivity index (χ2n) is 9.12. The van der Waals surface area contributed by atoms with E-state index < -0.39 is 6.04 Å². The van der Waals surface area contributed by atoms with E-state index >= 15 is 0 Å². The number of pyridine rings is 1. The predicted octanol–water partition coefficient (Wildman–Crippen LogP) is 2.77. The molecule has 32 heavy (non-hydrogen) atoms. The van der Waals surface area contributed by atoms with Crippen molar-refractivity contribution in [2.24, 2.45) is 5.92 Å². The molecule has 5 heterocycles. The van der Waals surface area contributed by atoms with E-state index in [1.165, 1.54) is 6.07 Å². The van der Waals surface area contributed by atoms with Gasteiger partial charge in [-0.3, -0.25) is 14.2 Å². The van der Waals surface area contributed by atoms with Crippen molar-refractivity contribution in [3.05, 3.63) is 64.2 Å². The topological polar surface area (TPSA) is 97.6 Å². The lowest BCUT2D eigenvalue weighted by Crippen LogP contribution is -2.53. The van der Waals surface area contributed by atoms with Crippen LogP contribution in [0.15, 0.2) is 50.5 Å². The Hall–Kier alpha value is -3.36. The molecule has 5 rings (SSSR count). The molecule has 0 aromatic carbocycles. The second-order valence-corrected chi connectivity index (χ2v) is 9.12. The maximum atomic E-state index is 13.6. The van der Waals surface area contributed by atoms with E-state index in [4.69, 9.17) is 8.94 Å². The molecule has 3 aromatic heterocycles. The monoisotopic (exact) mass is 437 g/mol. The van der Waals surface area contributed by atoms with Crippen molar-refractivity contribution in [1.82, 2.24) is 19.6 Å². The number of fused-ring (bicyclic) bond motifs is 4. The highest BCUT2D eigenvalue weighted by molar-refractivity contribution is 5.81. The SMILES string of the molecule is CC(C)c1noc(N2C[C@H]3C[C@@H](C2)[C@H](C(=O)N(C)Cc2ccoc2)n2c3cccc2=O)n1. The smallest absolute Gasteiger partial charge is 0.324 e. The summed E-state index contributed by atoms with van der Waals surface area (Å²) in [4.78, 5) is 34.8. The third kappa shape index (κ3) is 3.51. The molecule has 0 spiro atoms. The molecular weight excluding hydrogens is 410 g/mol. The van der Waals surface area contributed by atoms with Gasteiger partial charge in [-0.15, -0.1) is 0 Å². The van der Waals surface area contributed by atoms with Gasteiger partial charge in [0.1, 0.15) is 6.04 Å². The summed E-state index contributed by atoms with van der Waals surface area (Å²) in [5.74, 6) is 0.816. The van der Waals surface area contributed by atoms with Gasteiger partial charge in [0.15, 0.2) is 5.82 Å². The quantitative estimate of drug-likeness (QED) is 0.605. The number of anilines is 1. The number of piperidine rings is 1. The van der Waals surface area contributed by atoms with Gasteiger partial charge >= 0.3 is 6.01 Å². The summed E-state index contributed by atoms with van der Waals surface area (Å²) in [5, 5.41) is 4.10. The second kappa shape index (κ2) is 7.96. The van der Waals surface area contributed by atoms with Crippen molar-refractivity contribution in [2.45, 2.75) is 44.7 Å². The Morgan fingerprint density at radius 1 is 1.28 bits per heavy atom. The lowest BCUT2D eigenvalue weighted by molar-refractivity contribution is -0.136. The van der Waals surface area contributed by atoms with Gasteiger partial charge in [-0.05, 0) is 18.6 Å². The number of rotatable bonds is 5. The summed E-state index contributed by atoms with van der Waals surface area (Å²) in [6.45, 7) is 5.71. The predicted molar refractivity (Wildman–Crippen MR) is 116 cm³/mol. The highest BCUT2D eigenvalue weighted by atomic mass is 16.5. The third-order valence-corrected chi connectivity index (χ3v) is 6.49. The van der Waals surface area contributed by atoms with Crippen molar-refractivity contribution in [3.8, 4) is 0 Å². The lowest BCUT2D eigenvalue weighted by Gasteiger charge is -2.46. The van der Waals surface area contributed by atoms with Crippen LogP contribution in [-0.4, -0.2) is 45.7 Å². The zero-order chi connectivity index (χ0) is 22.4. The Balaban J connectivity index is 1.49. The minimum Gasteiger partial charge on any atom is -0.472 e. The Morgan fingerprint density at radius 3 is 2.84 bits per heavy atom. The normalized spacial score (nSPS) is 22.1. The molecule has 2 bridgehead atoms. The Labute approximate surface area is 185 Å². The van der Waals surface area contributed by atoms with Gasteiger partial charge < -0.3 is 18.7 Å². The van der Waals surface area contributed by atoms with Crippen LogP contribution in [0, 0.1) is 5.92 Å². The van der Waals surface area contributed by atoms with Crippen LogP contribution in [0.2, 0.25) is 0 Å². The molecule has 9 nitrogen and oxygen atoms in total. The van der Waals surface area contributed by atoms with Crippen molar-refractivity contribution in [2.75, 3.05) is 25.0 Å². The molecule has 0 radical (unpaired) electrons. The van der Waals surface area contributed by atoms with Gasteiger partial charge in [0.05, 0.1) is 12.5 Å². The standard InChI is InChI=1S/C23H27N5O4/c1-14(2)21-24-23(32-25-21)27-11-16-9-17(12-27)20(28-18(16)5-4-6-19(28)29)22(30)26(3)10-15-7-8-31-13-15/h4-8,13-14,16-17,20H,9-12H2,1-3H3/t16-,17+,20-/m1/s1. The highest BCUT2D eigenvalue weighted by Gasteiger charge is 2.45. The van der Waals surface area contributed by atoms with Gasteiger partial charge in [0, 0.05) is 61.8 Å².